The Morgan fingerprint density at radius 1 is 0.660 bits per heavy atom. The molecule has 0 fully saturated rings. The van der Waals surface area contributed by atoms with Crippen LogP contribution in [0, 0.1) is 19.2 Å². The summed E-state index contributed by atoms with van der Waals surface area (Å²) in [6, 6.07) is 48.5. The van der Waals surface area contributed by atoms with Gasteiger partial charge in [-0.1, -0.05) is 96.1 Å². The molecule has 0 aliphatic carbocycles. The molecule has 0 radical (unpaired) electrons. The second-order valence-electron chi connectivity index (χ2n) is 12.0. The van der Waals surface area contributed by atoms with Crippen molar-refractivity contribution in [2.45, 2.75) is 12.8 Å². The van der Waals surface area contributed by atoms with E-state index in [0.29, 0.717) is 0 Å². The Morgan fingerprint density at radius 2 is 1.34 bits per heavy atom. The van der Waals surface area contributed by atoms with Crippen molar-refractivity contribution < 1.29 is 25.6 Å². The van der Waals surface area contributed by atoms with Gasteiger partial charge in [-0.25, -0.2) is 0 Å². The molecule has 0 atom stereocenters. The molecule has 230 valence electrons. The average Bonchev–Trinajstić information content (AvgIpc) is 3.48. The number of hydrogen-bond donors (Lipinski definition) is 0. The van der Waals surface area contributed by atoms with Crippen molar-refractivity contribution in [2.75, 3.05) is 21.7 Å². The molecule has 7 aromatic rings. The fraction of sp³-hybridized carbons (Fsp3) is 0.0732. The number of hydrogen-bond acceptors (Lipinski definition) is 3. The molecule has 0 unspecified atom stereocenters. The monoisotopic (exact) mass is 788 g/mol. The minimum absolute atomic E-state index is 0. The summed E-state index contributed by atoms with van der Waals surface area (Å²) in [6.07, 6.45) is 3.85. The van der Waals surface area contributed by atoms with Crippen LogP contribution in [0.15, 0.2) is 134 Å². The first-order valence-electron chi connectivity index (χ1n) is 15.6. The summed E-state index contributed by atoms with van der Waals surface area (Å²) in [5.74, 6) is 1.88. The largest absolute Gasteiger partial charge is 2.00 e. The normalized spacial score (nSPS) is 13.7. The third-order valence-electron chi connectivity index (χ3n) is 9.44. The van der Waals surface area contributed by atoms with Crippen molar-refractivity contribution >= 4 is 55.9 Å². The van der Waals surface area contributed by atoms with Crippen molar-refractivity contribution in [1.29, 1.82) is 0 Å². The molecule has 5 nitrogen and oxygen atoms in total. The van der Waals surface area contributed by atoms with Crippen LogP contribution in [0.3, 0.4) is 0 Å². The van der Waals surface area contributed by atoms with E-state index >= 15 is 0 Å². The van der Waals surface area contributed by atoms with E-state index in [-0.39, 0.29) is 21.1 Å². The number of rotatable bonds is 3. The van der Waals surface area contributed by atoms with E-state index in [4.69, 9.17) is 0 Å². The molecule has 2 aromatic heterocycles. The standard InChI is InChI=1S/C41H31N5.Pt/c1-28-43(3)37-16-8-9-17-38(37)44(28)31-22-21-30-20-19-29-12-4-6-14-35(29)45(39(30)26-31)32-23-24-34-33-13-5-7-15-36(33)46(40(34)27-32)41-18-10-11-25-42(41)2;/h4-18,21-25H,1-2,19-20H2,3H3;/q-2;+2. The van der Waals surface area contributed by atoms with Crippen LogP contribution in [-0.4, -0.2) is 11.6 Å². The molecule has 2 aliphatic rings. The van der Waals surface area contributed by atoms with Crippen molar-refractivity contribution in [3.63, 3.8) is 0 Å². The number of nitrogens with zero attached hydrogens (tertiary/aromatic N) is 5. The molecule has 0 amide bonds. The van der Waals surface area contributed by atoms with Gasteiger partial charge < -0.3 is 19.3 Å². The molecule has 6 heteroatoms. The number of para-hydroxylation sites is 4. The van der Waals surface area contributed by atoms with Crippen LogP contribution in [0.5, 0.6) is 0 Å². The average molecular weight is 789 g/mol. The quantitative estimate of drug-likeness (QED) is 0.132. The van der Waals surface area contributed by atoms with Crippen LogP contribution in [0.25, 0.3) is 27.6 Å². The number of aryl methyl sites for hydroxylation is 2. The maximum absolute atomic E-state index is 4.45. The molecule has 9 rings (SSSR count). The number of benzene rings is 5. The zero-order valence-corrected chi connectivity index (χ0v) is 28.2. The van der Waals surface area contributed by atoms with Crippen LogP contribution < -0.4 is 19.3 Å². The van der Waals surface area contributed by atoms with E-state index in [2.05, 4.69) is 161 Å². The van der Waals surface area contributed by atoms with Crippen molar-refractivity contribution in [3.8, 4) is 5.82 Å². The topological polar surface area (TPSA) is 18.5 Å². The fourth-order valence-electron chi connectivity index (χ4n) is 7.17. The molecule has 47 heavy (non-hydrogen) atoms. The van der Waals surface area contributed by atoms with Gasteiger partial charge in [0.05, 0.1) is 11.4 Å². The summed E-state index contributed by atoms with van der Waals surface area (Å²) in [5.41, 5.74) is 11.0. The van der Waals surface area contributed by atoms with Crippen LogP contribution in [0.2, 0.25) is 0 Å². The van der Waals surface area contributed by atoms with Crippen molar-refractivity contribution in [2.24, 2.45) is 0 Å². The molecule has 0 saturated carbocycles. The fourth-order valence-corrected chi connectivity index (χ4v) is 7.17. The second kappa shape index (κ2) is 11.2. The Balaban J connectivity index is 0.00000324. The molecule has 0 bridgehead atoms. The first kappa shape index (κ1) is 29.2. The molecular weight excluding hydrogens is 758 g/mol. The molecular formula is C41H31N5Pt. The van der Waals surface area contributed by atoms with E-state index in [1.54, 1.807) is 0 Å². The predicted octanol–water partition coefficient (Wildman–Crippen LogP) is 8.94. The number of aromatic nitrogens is 2. The smallest absolute Gasteiger partial charge is 0.371 e. The molecule has 5 aromatic carbocycles. The third kappa shape index (κ3) is 4.41. The maximum atomic E-state index is 4.45. The van der Waals surface area contributed by atoms with Gasteiger partial charge in [0.25, 0.3) is 0 Å². The van der Waals surface area contributed by atoms with Gasteiger partial charge in [-0.05, 0) is 60.9 Å². The summed E-state index contributed by atoms with van der Waals surface area (Å²) in [5, 5.41) is 2.34. The molecule has 2 aliphatic heterocycles. The minimum Gasteiger partial charge on any atom is -0.371 e. The zero-order valence-electron chi connectivity index (χ0n) is 25.9. The van der Waals surface area contributed by atoms with E-state index in [1.807, 2.05) is 16.8 Å². The number of pyridine rings is 1. The Bertz CT molecular complexity index is 2360. The van der Waals surface area contributed by atoms with E-state index < -0.39 is 0 Å². The summed E-state index contributed by atoms with van der Waals surface area (Å²) < 4.78 is 4.19. The van der Waals surface area contributed by atoms with Gasteiger partial charge in [-0.15, -0.1) is 29.8 Å². The molecule has 4 heterocycles. The first-order valence-corrected chi connectivity index (χ1v) is 15.6. The van der Waals surface area contributed by atoms with Crippen molar-refractivity contribution in [1.82, 2.24) is 4.57 Å². The minimum atomic E-state index is 0. The van der Waals surface area contributed by atoms with Crippen molar-refractivity contribution in [3.05, 3.63) is 164 Å². The van der Waals surface area contributed by atoms with Crippen LogP contribution in [0.4, 0.5) is 34.1 Å². The van der Waals surface area contributed by atoms with Gasteiger partial charge in [-0.2, -0.15) is 12.1 Å². The first-order chi connectivity index (χ1) is 22.6. The Kier molecular flexibility index (Phi) is 6.96. The van der Waals surface area contributed by atoms with Gasteiger partial charge in [0.2, 0.25) is 0 Å². The van der Waals surface area contributed by atoms with Gasteiger partial charge in [0.1, 0.15) is 11.3 Å². The summed E-state index contributed by atoms with van der Waals surface area (Å²) in [7, 11) is 6.37. The summed E-state index contributed by atoms with van der Waals surface area (Å²) in [6.45, 7) is 4.45. The van der Waals surface area contributed by atoms with Crippen LogP contribution in [-0.2, 0) is 33.9 Å². The van der Waals surface area contributed by atoms with Gasteiger partial charge >= 0.3 is 21.1 Å². The number of anilines is 6. The van der Waals surface area contributed by atoms with Gasteiger partial charge in [0.15, 0.2) is 5.82 Å². The second-order valence-corrected chi connectivity index (χ2v) is 12.0. The van der Waals surface area contributed by atoms with Gasteiger partial charge in [0, 0.05) is 18.3 Å². The molecule has 0 spiro atoms. The summed E-state index contributed by atoms with van der Waals surface area (Å²) >= 11 is 0. The third-order valence-corrected chi connectivity index (χ3v) is 9.44. The Morgan fingerprint density at radius 3 is 2.19 bits per heavy atom. The van der Waals surface area contributed by atoms with E-state index in [9.17, 15) is 0 Å². The predicted molar refractivity (Wildman–Crippen MR) is 188 cm³/mol. The SMILES string of the molecule is C=C1N(C)c2ccccc2N1c1[c-]c2c(cc1)CCc1ccccc1N2c1[c-]c2c(cc1)c1ccccc1n2-c1cccc[n+]1[CH2-].[Pt+2]. The maximum Gasteiger partial charge on any atom is 2.00 e. The van der Waals surface area contributed by atoms with Crippen LogP contribution >= 0.6 is 0 Å². The van der Waals surface area contributed by atoms with E-state index in [1.165, 1.54) is 16.5 Å². The Hall–Kier alpha value is -5.25. The Labute approximate surface area is 289 Å². The molecule has 0 N–H and O–H groups in total. The number of fused-ring (bicyclic) bond motifs is 6. The van der Waals surface area contributed by atoms with Gasteiger partial charge in [-0.3, -0.25) is 4.57 Å². The van der Waals surface area contributed by atoms with E-state index in [0.717, 1.165) is 75.0 Å². The van der Waals surface area contributed by atoms with Crippen LogP contribution in [0.1, 0.15) is 11.1 Å². The molecule has 0 saturated heterocycles. The zero-order chi connectivity index (χ0) is 30.9. The summed E-state index contributed by atoms with van der Waals surface area (Å²) in [4.78, 5) is 6.69.